The molecule has 0 bridgehead atoms. The van der Waals surface area contributed by atoms with Crippen molar-refractivity contribution < 1.29 is 19.1 Å². The number of amides is 1. The van der Waals surface area contributed by atoms with Gasteiger partial charge in [0.05, 0.1) is 12.7 Å². The van der Waals surface area contributed by atoms with E-state index >= 15 is 0 Å². The number of benzene rings is 2. The molecular formula is C18H19NO4. The fraction of sp³-hybridized carbons (Fsp3) is 0.222. The van der Waals surface area contributed by atoms with E-state index in [0.29, 0.717) is 12.1 Å². The summed E-state index contributed by atoms with van der Waals surface area (Å²) in [6.45, 7) is 1.95. The number of rotatable bonds is 6. The van der Waals surface area contributed by atoms with Crippen molar-refractivity contribution in [2.24, 2.45) is 0 Å². The highest BCUT2D eigenvalue weighted by Crippen LogP contribution is 2.11. The molecule has 1 amide bonds. The third kappa shape index (κ3) is 5.14. The van der Waals surface area contributed by atoms with Crippen molar-refractivity contribution in [2.75, 3.05) is 13.7 Å². The van der Waals surface area contributed by atoms with E-state index in [9.17, 15) is 9.59 Å². The second-order valence-corrected chi connectivity index (χ2v) is 5.07. The van der Waals surface area contributed by atoms with Crippen LogP contribution in [0.1, 0.15) is 21.5 Å². The summed E-state index contributed by atoms with van der Waals surface area (Å²) in [6, 6.07) is 14.4. The van der Waals surface area contributed by atoms with Crippen LogP contribution in [0.2, 0.25) is 0 Å². The van der Waals surface area contributed by atoms with Crippen molar-refractivity contribution in [3.05, 3.63) is 65.2 Å². The Bertz CT molecular complexity index is 680. The van der Waals surface area contributed by atoms with Gasteiger partial charge in [-0.1, -0.05) is 29.8 Å². The summed E-state index contributed by atoms with van der Waals surface area (Å²) in [5.74, 6) is -0.0951. The van der Waals surface area contributed by atoms with Crippen molar-refractivity contribution >= 4 is 11.9 Å². The van der Waals surface area contributed by atoms with Crippen LogP contribution < -0.4 is 10.1 Å². The lowest BCUT2D eigenvalue weighted by Crippen LogP contribution is -2.28. The first-order valence-corrected chi connectivity index (χ1v) is 7.22. The minimum atomic E-state index is -0.506. The summed E-state index contributed by atoms with van der Waals surface area (Å²) in [5, 5.41) is 2.70. The van der Waals surface area contributed by atoms with Gasteiger partial charge in [-0.25, -0.2) is 4.79 Å². The fourth-order valence-electron chi connectivity index (χ4n) is 1.98. The minimum Gasteiger partial charge on any atom is -0.497 e. The summed E-state index contributed by atoms with van der Waals surface area (Å²) >= 11 is 0. The van der Waals surface area contributed by atoms with E-state index in [1.54, 1.807) is 25.3 Å². The third-order valence-electron chi connectivity index (χ3n) is 3.24. The van der Waals surface area contributed by atoms with Crippen LogP contribution in [0.5, 0.6) is 5.75 Å². The fourth-order valence-corrected chi connectivity index (χ4v) is 1.98. The molecule has 0 aliphatic heterocycles. The minimum absolute atomic E-state index is 0.303. The first-order chi connectivity index (χ1) is 11.1. The van der Waals surface area contributed by atoms with Crippen LogP contribution in [0.15, 0.2) is 48.5 Å². The van der Waals surface area contributed by atoms with Gasteiger partial charge in [0.1, 0.15) is 5.75 Å². The molecule has 120 valence electrons. The molecule has 23 heavy (non-hydrogen) atoms. The largest absolute Gasteiger partial charge is 0.497 e. The van der Waals surface area contributed by atoms with E-state index in [4.69, 9.17) is 9.47 Å². The van der Waals surface area contributed by atoms with Gasteiger partial charge < -0.3 is 14.8 Å². The predicted molar refractivity (Wildman–Crippen MR) is 86.3 cm³/mol. The summed E-state index contributed by atoms with van der Waals surface area (Å²) in [4.78, 5) is 23.6. The van der Waals surface area contributed by atoms with E-state index in [-0.39, 0.29) is 12.5 Å². The Morgan fingerprint density at radius 2 is 1.83 bits per heavy atom. The number of aryl methyl sites for hydroxylation is 1. The first kappa shape index (κ1) is 16.5. The predicted octanol–water partition coefficient (Wildman–Crippen LogP) is 2.48. The second-order valence-electron chi connectivity index (χ2n) is 5.07. The third-order valence-corrected chi connectivity index (χ3v) is 3.24. The van der Waals surface area contributed by atoms with Crippen LogP contribution in [0.25, 0.3) is 0 Å². The van der Waals surface area contributed by atoms with Gasteiger partial charge in [-0.3, -0.25) is 4.79 Å². The second kappa shape index (κ2) is 7.98. The standard InChI is InChI=1S/C18H19NO4/c1-13-4-3-5-15(10-13)18(21)23-12-17(20)19-11-14-6-8-16(22-2)9-7-14/h3-10H,11-12H2,1-2H3,(H,19,20). The number of nitrogens with one attached hydrogen (secondary N) is 1. The topological polar surface area (TPSA) is 64.6 Å². The molecule has 0 aliphatic rings. The Hall–Kier alpha value is -2.82. The average molecular weight is 313 g/mol. The SMILES string of the molecule is COc1ccc(CNC(=O)COC(=O)c2cccc(C)c2)cc1. The molecule has 0 saturated heterocycles. The monoisotopic (exact) mass is 313 g/mol. The molecule has 0 radical (unpaired) electrons. The molecule has 0 unspecified atom stereocenters. The quantitative estimate of drug-likeness (QED) is 0.832. The first-order valence-electron chi connectivity index (χ1n) is 7.22. The molecule has 0 spiro atoms. The number of carbonyl (C=O) groups is 2. The van der Waals surface area contributed by atoms with Gasteiger partial charge in [0.25, 0.3) is 5.91 Å². The van der Waals surface area contributed by atoms with Crippen LogP contribution in [0.4, 0.5) is 0 Å². The van der Waals surface area contributed by atoms with E-state index < -0.39 is 5.97 Å². The van der Waals surface area contributed by atoms with Crippen molar-refractivity contribution in [3.8, 4) is 5.75 Å². The maximum atomic E-state index is 11.8. The van der Waals surface area contributed by atoms with E-state index in [2.05, 4.69) is 5.32 Å². The normalized spacial score (nSPS) is 10.0. The molecular weight excluding hydrogens is 294 g/mol. The molecule has 0 aromatic heterocycles. The zero-order valence-electron chi connectivity index (χ0n) is 13.2. The van der Waals surface area contributed by atoms with Gasteiger partial charge in [-0.05, 0) is 36.8 Å². The van der Waals surface area contributed by atoms with Gasteiger partial charge in [0, 0.05) is 6.54 Å². The van der Waals surface area contributed by atoms with Crippen LogP contribution in [-0.4, -0.2) is 25.6 Å². The van der Waals surface area contributed by atoms with Crippen LogP contribution in [-0.2, 0) is 16.1 Å². The zero-order valence-corrected chi connectivity index (χ0v) is 13.2. The van der Waals surface area contributed by atoms with Gasteiger partial charge in [-0.2, -0.15) is 0 Å². The Labute approximate surface area is 135 Å². The van der Waals surface area contributed by atoms with Gasteiger partial charge >= 0.3 is 5.97 Å². The summed E-state index contributed by atoms with van der Waals surface area (Å²) in [7, 11) is 1.60. The van der Waals surface area contributed by atoms with Crippen LogP contribution >= 0.6 is 0 Å². The number of carbonyl (C=O) groups excluding carboxylic acids is 2. The molecule has 0 saturated carbocycles. The van der Waals surface area contributed by atoms with Crippen molar-refractivity contribution in [1.29, 1.82) is 0 Å². The smallest absolute Gasteiger partial charge is 0.338 e. The number of hydrogen-bond acceptors (Lipinski definition) is 4. The molecule has 0 heterocycles. The summed E-state index contributed by atoms with van der Waals surface area (Å²) in [5.41, 5.74) is 2.33. The van der Waals surface area contributed by atoms with Crippen molar-refractivity contribution in [2.45, 2.75) is 13.5 Å². The molecule has 0 atom stereocenters. The lowest BCUT2D eigenvalue weighted by Gasteiger charge is -2.07. The van der Waals surface area contributed by atoms with E-state index in [1.807, 2.05) is 37.3 Å². The molecule has 0 fully saturated rings. The Morgan fingerprint density at radius 3 is 2.48 bits per heavy atom. The molecule has 2 rings (SSSR count). The highest BCUT2D eigenvalue weighted by molar-refractivity contribution is 5.91. The zero-order chi connectivity index (χ0) is 16.7. The van der Waals surface area contributed by atoms with Crippen LogP contribution in [0.3, 0.4) is 0 Å². The Morgan fingerprint density at radius 1 is 1.09 bits per heavy atom. The van der Waals surface area contributed by atoms with Crippen molar-refractivity contribution in [1.82, 2.24) is 5.32 Å². The number of ether oxygens (including phenoxy) is 2. The molecule has 5 nitrogen and oxygen atoms in total. The average Bonchev–Trinajstić information content (AvgIpc) is 2.58. The molecule has 2 aromatic carbocycles. The number of methoxy groups -OCH3 is 1. The molecule has 0 aliphatic carbocycles. The highest BCUT2D eigenvalue weighted by Gasteiger charge is 2.10. The Balaban J connectivity index is 1.77. The number of hydrogen-bond donors (Lipinski definition) is 1. The summed E-state index contributed by atoms with van der Waals surface area (Å²) in [6.07, 6.45) is 0. The Kier molecular flexibility index (Phi) is 5.74. The summed E-state index contributed by atoms with van der Waals surface area (Å²) < 4.78 is 10.1. The van der Waals surface area contributed by atoms with Gasteiger partial charge in [-0.15, -0.1) is 0 Å². The maximum absolute atomic E-state index is 11.8. The highest BCUT2D eigenvalue weighted by atomic mass is 16.5. The maximum Gasteiger partial charge on any atom is 0.338 e. The van der Waals surface area contributed by atoms with E-state index in [0.717, 1.165) is 16.9 Å². The molecule has 1 N–H and O–H groups in total. The lowest BCUT2D eigenvalue weighted by atomic mass is 10.1. The molecule has 5 heteroatoms. The lowest BCUT2D eigenvalue weighted by molar-refractivity contribution is -0.124. The van der Waals surface area contributed by atoms with Crippen molar-refractivity contribution in [3.63, 3.8) is 0 Å². The van der Waals surface area contributed by atoms with Gasteiger partial charge in [0.2, 0.25) is 0 Å². The molecule has 2 aromatic rings. The van der Waals surface area contributed by atoms with Crippen LogP contribution in [0, 0.1) is 6.92 Å². The van der Waals surface area contributed by atoms with Gasteiger partial charge in [0.15, 0.2) is 6.61 Å². The number of esters is 1. The van der Waals surface area contributed by atoms with E-state index in [1.165, 1.54) is 0 Å².